The van der Waals surface area contributed by atoms with E-state index in [9.17, 15) is 13.2 Å². The number of rotatable bonds is 5. The van der Waals surface area contributed by atoms with Gasteiger partial charge in [0.15, 0.2) is 8.32 Å². The second kappa shape index (κ2) is 7.12. The molecule has 0 aliphatic rings. The van der Waals surface area contributed by atoms with Crippen LogP contribution in [-0.2, 0) is 9.84 Å². The average molecular weight is 425 g/mol. The zero-order valence-electron chi connectivity index (χ0n) is 15.5. The van der Waals surface area contributed by atoms with Gasteiger partial charge < -0.3 is 4.43 Å². The van der Waals surface area contributed by atoms with E-state index in [1.54, 1.807) is 0 Å². The molecule has 0 amide bonds. The molecule has 1 aromatic rings. The molecule has 0 bridgehead atoms. The van der Waals surface area contributed by atoms with Crippen LogP contribution in [0.1, 0.15) is 46.6 Å². The second-order valence-corrected chi connectivity index (χ2v) is 14.1. The predicted octanol–water partition coefficient (Wildman–Crippen LogP) is 7.07. The molecular weight excluding hydrogens is 397 g/mol. The van der Waals surface area contributed by atoms with Crippen LogP contribution in [0.15, 0.2) is 28.7 Å². The molecule has 0 aliphatic carbocycles. The third-order valence-electron chi connectivity index (χ3n) is 4.91. The van der Waals surface area contributed by atoms with Crippen molar-refractivity contribution >= 4 is 24.2 Å². The molecule has 0 N–H and O–H groups in total. The van der Waals surface area contributed by atoms with E-state index < -0.39 is 26.0 Å². The van der Waals surface area contributed by atoms with Crippen molar-refractivity contribution < 1.29 is 17.6 Å². The van der Waals surface area contributed by atoms with Crippen LogP contribution in [0.25, 0.3) is 0 Å². The number of hydrogen-bond donors (Lipinski definition) is 0. The van der Waals surface area contributed by atoms with Crippen LogP contribution in [0.5, 0.6) is 0 Å². The molecule has 0 heterocycles. The molecule has 0 fully saturated rings. The van der Waals surface area contributed by atoms with Crippen LogP contribution < -0.4 is 0 Å². The summed E-state index contributed by atoms with van der Waals surface area (Å²) in [5.41, 5.74) is 0.195. The van der Waals surface area contributed by atoms with Crippen molar-refractivity contribution in [3.63, 3.8) is 0 Å². The van der Waals surface area contributed by atoms with Crippen molar-refractivity contribution in [1.82, 2.24) is 0 Å². The van der Waals surface area contributed by atoms with Crippen LogP contribution in [-0.4, -0.2) is 20.6 Å². The lowest BCUT2D eigenvalue weighted by Crippen LogP contribution is -2.49. The fourth-order valence-electron chi connectivity index (χ4n) is 2.34. The Morgan fingerprint density at radius 3 is 1.96 bits per heavy atom. The van der Waals surface area contributed by atoms with Crippen molar-refractivity contribution in [2.45, 2.75) is 76.9 Å². The standard InChI is InChI=1S/C18H28BrF3OSi/c1-16(2,3)24(6,7)23-15(18(20,21)22)12-17(4,5)13-10-8-9-11-14(13)19/h8-11,15H,12H2,1-7H3. The lowest BCUT2D eigenvalue weighted by Gasteiger charge is -2.41. The maximum Gasteiger partial charge on any atom is 0.413 e. The highest BCUT2D eigenvalue weighted by atomic mass is 79.9. The quantitative estimate of drug-likeness (QED) is 0.459. The van der Waals surface area contributed by atoms with Crippen LogP contribution >= 0.6 is 15.9 Å². The summed E-state index contributed by atoms with van der Waals surface area (Å²) < 4.78 is 47.6. The molecule has 6 heteroatoms. The van der Waals surface area contributed by atoms with Gasteiger partial charge in [0.05, 0.1) is 0 Å². The largest absolute Gasteiger partial charge is 0.413 e. The molecule has 0 spiro atoms. The van der Waals surface area contributed by atoms with Crippen molar-refractivity contribution in [1.29, 1.82) is 0 Å². The molecule has 0 aliphatic heterocycles. The number of hydrogen-bond acceptors (Lipinski definition) is 1. The SMILES string of the molecule is CC(C)(CC(O[Si](C)(C)C(C)(C)C)C(F)(F)F)c1ccccc1Br. The Morgan fingerprint density at radius 2 is 1.54 bits per heavy atom. The lowest BCUT2D eigenvalue weighted by molar-refractivity contribution is -0.203. The zero-order valence-corrected chi connectivity index (χ0v) is 18.1. The van der Waals surface area contributed by atoms with Crippen molar-refractivity contribution in [3.05, 3.63) is 34.3 Å². The van der Waals surface area contributed by atoms with E-state index in [-0.39, 0.29) is 11.5 Å². The van der Waals surface area contributed by atoms with Crippen LogP contribution in [0.4, 0.5) is 13.2 Å². The molecular formula is C18H28BrF3OSi. The number of halogens is 4. The van der Waals surface area contributed by atoms with E-state index in [2.05, 4.69) is 15.9 Å². The van der Waals surface area contributed by atoms with E-state index >= 15 is 0 Å². The van der Waals surface area contributed by atoms with E-state index in [0.29, 0.717) is 0 Å². The first kappa shape index (κ1) is 21.7. The van der Waals surface area contributed by atoms with Gasteiger partial charge in [0, 0.05) is 4.47 Å². The fraction of sp³-hybridized carbons (Fsp3) is 0.667. The van der Waals surface area contributed by atoms with Gasteiger partial charge in [-0.3, -0.25) is 0 Å². The number of alkyl halides is 3. The summed E-state index contributed by atoms with van der Waals surface area (Å²) in [7, 11) is -2.52. The van der Waals surface area contributed by atoms with Crippen molar-refractivity contribution in [2.24, 2.45) is 0 Å². The topological polar surface area (TPSA) is 9.23 Å². The van der Waals surface area contributed by atoms with Gasteiger partial charge in [0.2, 0.25) is 0 Å². The number of benzene rings is 1. The first-order valence-corrected chi connectivity index (χ1v) is 11.8. The first-order chi connectivity index (χ1) is 10.6. The average Bonchev–Trinajstić information content (AvgIpc) is 2.35. The molecule has 138 valence electrons. The Labute approximate surface area is 153 Å². The minimum Gasteiger partial charge on any atom is -0.405 e. The molecule has 0 saturated heterocycles. The summed E-state index contributed by atoms with van der Waals surface area (Å²) in [5.74, 6) is 0. The van der Waals surface area contributed by atoms with E-state index in [0.717, 1.165) is 10.0 Å². The Morgan fingerprint density at radius 1 is 1.04 bits per heavy atom. The van der Waals surface area contributed by atoms with E-state index in [1.807, 2.05) is 72.0 Å². The minimum atomic E-state index is -4.38. The molecule has 1 nitrogen and oxygen atoms in total. The molecule has 1 aromatic carbocycles. The minimum absolute atomic E-state index is 0.106. The first-order valence-electron chi connectivity index (χ1n) is 8.07. The van der Waals surface area contributed by atoms with Gasteiger partial charge in [0.1, 0.15) is 6.10 Å². The molecule has 0 aromatic heterocycles. The summed E-state index contributed by atoms with van der Waals surface area (Å²) in [6, 6.07) is 7.42. The van der Waals surface area contributed by atoms with Gasteiger partial charge in [-0.1, -0.05) is 68.7 Å². The smallest absolute Gasteiger partial charge is 0.405 e. The lowest BCUT2D eigenvalue weighted by atomic mass is 9.79. The van der Waals surface area contributed by atoms with Crippen molar-refractivity contribution in [3.8, 4) is 0 Å². The van der Waals surface area contributed by atoms with E-state index in [4.69, 9.17) is 4.43 Å². The van der Waals surface area contributed by atoms with Gasteiger partial charge >= 0.3 is 6.18 Å². The highest BCUT2D eigenvalue weighted by Crippen LogP contribution is 2.43. The van der Waals surface area contributed by atoms with Gasteiger partial charge in [-0.05, 0) is 41.6 Å². The van der Waals surface area contributed by atoms with Crippen LogP contribution in [0.3, 0.4) is 0 Å². The van der Waals surface area contributed by atoms with Crippen molar-refractivity contribution in [2.75, 3.05) is 0 Å². The maximum atomic E-state index is 13.7. The summed E-state index contributed by atoms with van der Waals surface area (Å²) in [6.07, 6.45) is -6.25. The summed E-state index contributed by atoms with van der Waals surface area (Å²) in [5, 5.41) is -0.270. The summed E-state index contributed by atoms with van der Waals surface area (Å²) >= 11 is 3.45. The van der Waals surface area contributed by atoms with E-state index in [1.165, 1.54) is 0 Å². The monoisotopic (exact) mass is 424 g/mol. The fourth-order valence-corrected chi connectivity index (χ4v) is 4.44. The second-order valence-electron chi connectivity index (χ2n) is 8.48. The zero-order chi connectivity index (χ0) is 19.0. The van der Waals surface area contributed by atoms with Crippen LogP contribution in [0, 0.1) is 0 Å². The third-order valence-corrected chi connectivity index (χ3v) is 10.1. The van der Waals surface area contributed by atoms with Gasteiger partial charge in [-0.15, -0.1) is 0 Å². The van der Waals surface area contributed by atoms with Gasteiger partial charge in [-0.25, -0.2) is 0 Å². The Bertz CT molecular complexity index is 562. The molecule has 0 radical (unpaired) electrons. The predicted molar refractivity (Wildman–Crippen MR) is 99.9 cm³/mol. The molecule has 1 rings (SSSR count). The Balaban J connectivity index is 3.14. The highest BCUT2D eigenvalue weighted by Gasteiger charge is 2.49. The normalized spacial score (nSPS) is 15.5. The third kappa shape index (κ3) is 5.33. The highest BCUT2D eigenvalue weighted by molar-refractivity contribution is 9.10. The Hall–Kier alpha value is -0.333. The van der Waals surface area contributed by atoms with Crippen LogP contribution in [0.2, 0.25) is 18.1 Å². The molecule has 1 atom stereocenters. The summed E-state index contributed by atoms with van der Waals surface area (Å²) in [6.45, 7) is 13.2. The molecule has 1 unspecified atom stereocenters. The summed E-state index contributed by atoms with van der Waals surface area (Å²) in [4.78, 5) is 0. The maximum absolute atomic E-state index is 13.7. The van der Waals surface area contributed by atoms with Gasteiger partial charge in [-0.2, -0.15) is 13.2 Å². The van der Waals surface area contributed by atoms with Gasteiger partial charge in [0.25, 0.3) is 0 Å². The molecule has 0 saturated carbocycles. The Kier molecular flexibility index (Phi) is 6.44. The molecule has 24 heavy (non-hydrogen) atoms.